The minimum Gasteiger partial charge on any atom is -0.381 e. The number of carbonyl (C=O) groups is 1. The first-order chi connectivity index (χ1) is 13.7. The fourth-order valence-corrected chi connectivity index (χ4v) is 3.00. The van der Waals surface area contributed by atoms with Crippen LogP contribution in [-0.4, -0.2) is 58.4 Å². The highest BCUT2D eigenvalue weighted by Gasteiger charge is 2.13. The van der Waals surface area contributed by atoms with E-state index >= 15 is 0 Å². The van der Waals surface area contributed by atoms with Crippen LogP contribution in [0.3, 0.4) is 0 Å². The van der Waals surface area contributed by atoms with Gasteiger partial charge in [-0.3, -0.25) is 9.79 Å². The SMILES string of the molecule is CCc1cccc(NC(=O)CNC(=NC)NCCCOCC2CCOCC2)c1.I. The average Bonchev–Trinajstić information content (AvgIpc) is 2.73. The molecular weight excluding hydrogens is 483 g/mol. The highest BCUT2D eigenvalue weighted by Crippen LogP contribution is 2.14. The van der Waals surface area contributed by atoms with Crippen LogP contribution in [0, 0.1) is 5.92 Å². The highest BCUT2D eigenvalue weighted by molar-refractivity contribution is 14.0. The van der Waals surface area contributed by atoms with E-state index in [0.29, 0.717) is 11.9 Å². The number of halogens is 1. The van der Waals surface area contributed by atoms with Crippen LogP contribution >= 0.6 is 24.0 Å². The Kier molecular flexibility index (Phi) is 13.7. The molecule has 0 atom stereocenters. The standard InChI is InChI=1S/C21H34N4O3.HI/c1-3-17-6-4-7-19(14-17)25-20(26)15-24-21(22-2)23-10-5-11-28-16-18-8-12-27-13-9-18;/h4,6-7,14,18H,3,5,8-13,15-16H2,1-2H3,(H,25,26)(H2,22,23,24);1H. The molecule has 0 bridgehead atoms. The van der Waals surface area contributed by atoms with Crippen molar-refractivity contribution in [3.63, 3.8) is 0 Å². The number of aliphatic imine (C=N–C) groups is 1. The van der Waals surface area contributed by atoms with Crippen molar-refractivity contribution in [2.45, 2.75) is 32.6 Å². The van der Waals surface area contributed by atoms with Gasteiger partial charge in [0.05, 0.1) is 6.54 Å². The average molecular weight is 518 g/mol. The normalized spacial score (nSPS) is 14.8. The number of hydrogen-bond acceptors (Lipinski definition) is 4. The van der Waals surface area contributed by atoms with Crippen molar-refractivity contribution in [3.05, 3.63) is 29.8 Å². The first-order valence-corrected chi connectivity index (χ1v) is 10.2. The van der Waals surface area contributed by atoms with Crippen LogP contribution in [0.25, 0.3) is 0 Å². The van der Waals surface area contributed by atoms with Crippen LogP contribution < -0.4 is 16.0 Å². The van der Waals surface area contributed by atoms with E-state index in [4.69, 9.17) is 9.47 Å². The van der Waals surface area contributed by atoms with Gasteiger partial charge in [-0.1, -0.05) is 19.1 Å². The van der Waals surface area contributed by atoms with Crippen molar-refractivity contribution < 1.29 is 14.3 Å². The highest BCUT2D eigenvalue weighted by atomic mass is 127. The molecule has 1 aromatic rings. The molecule has 0 aliphatic carbocycles. The molecule has 164 valence electrons. The summed E-state index contributed by atoms with van der Waals surface area (Å²) < 4.78 is 11.1. The molecule has 0 aromatic heterocycles. The molecule has 1 amide bonds. The van der Waals surface area contributed by atoms with Gasteiger partial charge in [0, 0.05) is 45.7 Å². The minimum atomic E-state index is -0.101. The summed E-state index contributed by atoms with van der Waals surface area (Å²) in [5.74, 6) is 1.14. The third-order valence-corrected chi connectivity index (χ3v) is 4.71. The molecule has 1 aliphatic rings. The predicted octanol–water partition coefficient (Wildman–Crippen LogP) is 2.80. The number of carbonyl (C=O) groups excluding carboxylic acids is 1. The lowest BCUT2D eigenvalue weighted by molar-refractivity contribution is -0.115. The summed E-state index contributed by atoms with van der Waals surface area (Å²) in [7, 11) is 1.69. The van der Waals surface area contributed by atoms with Gasteiger partial charge in [0.2, 0.25) is 5.91 Å². The quantitative estimate of drug-likeness (QED) is 0.192. The van der Waals surface area contributed by atoms with Gasteiger partial charge in [0.1, 0.15) is 0 Å². The summed E-state index contributed by atoms with van der Waals surface area (Å²) in [4.78, 5) is 16.3. The number of nitrogens with one attached hydrogen (secondary N) is 3. The second-order valence-corrected chi connectivity index (χ2v) is 6.94. The monoisotopic (exact) mass is 518 g/mol. The summed E-state index contributed by atoms with van der Waals surface area (Å²) in [5.41, 5.74) is 2.01. The van der Waals surface area contributed by atoms with E-state index in [9.17, 15) is 4.79 Å². The van der Waals surface area contributed by atoms with E-state index in [1.54, 1.807) is 7.05 Å². The zero-order valence-corrected chi connectivity index (χ0v) is 19.9. The number of aryl methyl sites for hydroxylation is 1. The van der Waals surface area contributed by atoms with Gasteiger partial charge in [0.15, 0.2) is 5.96 Å². The second-order valence-electron chi connectivity index (χ2n) is 6.94. The number of benzene rings is 1. The van der Waals surface area contributed by atoms with Gasteiger partial charge in [-0.15, -0.1) is 24.0 Å². The molecule has 2 rings (SSSR count). The van der Waals surface area contributed by atoms with Crippen molar-refractivity contribution in [2.75, 3.05) is 51.9 Å². The fourth-order valence-electron chi connectivity index (χ4n) is 3.00. The van der Waals surface area contributed by atoms with Gasteiger partial charge >= 0.3 is 0 Å². The molecule has 0 unspecified atom stereocenters. The molecule has 1 fully saturated rings. The Morgan fingerprint density at radius 2 is 2.07 bits per heavy atom. The van der Waals surface area contributed by atoms with Crippen LogP contribution in [0.1, 0.15) is 31.7 Å². The number of amides is 1. The number of rotatable bonds is 10. The lowest BCUT2D eigenvalue weighted by Gasteiger charge is -2.21. The molecule has 0 radical (unpaired) electrons. The molecule has 1 saturated heterocycles. The van der Waals surface area contributed by atoms with Crippen molar-refractivity contribution in [3.8, 4) is 0 Å². The van der Waals surface area contributed by atoms with Crippen molar-refractivity contribution in [2.24, 2.45) is 10.9 Å². The summed E-state index contributed by atoms with van der Waals surface area (Å²) in [5, 5.41) is 9.14. The summed E-state index contributed by atoms with van der Waals surface area (Å²) in [6, 6.07) is 7.88. The van der Waals surface area contributed by atoms with Crippen LogP contribution in [0.5, 0.6) is 0 Å². The number of nitrogens with zero attached hydrogens (tertiary/aromatic N) is 1. The minimum absolute atomic E-state index is 0. The van der Waals surface area contributed by atoms with E-state index in [1.807, 2.05) is 24.3 Å². The Morgan fingerprint density at radius 1 is 1.28 bits per heavy atom. The van der Waals surface area contributed by atoms with E-state index in [2.05, 4.69) is 27.9 Å². The Morgan fingerprint density at radius 3 is 2.79 bits per heavy atom. The third kappa shape index (κ3) is 10.8. The Labute approximate surface area is 191 Å². The maximum absolute atomic E-state index is 12.1. The smallest absolute Gasteiger partial charge is 0.243 e. The first-order valence-electron chi connectivity index (χ1n) is 10.2. The molecular formula is C21H35IN4O3. The third-order valence-electron chi connectivity index (χ3n) is 4.71. The zero-order valence-electron chi connectivity index (χ0n) is 17.5. The molecule has 1 aromatic carbocycles. The number of hydrogen-bond donors (Lipinski definition) is 3. The molecule has 1 aliphatic heterocycles. The first kappa shape index (κ1) is 25.6. The molecule has 0 saturated carbocycles. The Hall–Kier alpha value is -1.39. The molecule has 7 nitrogen and oxygen atoms in total. The van der Waals surface area contributed by atoms with E-state index in [0.717, 1.165) is 64.3 Å². The van der Waals surface area contributed by atoms with Gasteiger partial charge in [-0.05, 0) is 49.3 Å². The summed E-state index contributed by atoms with van der Waals surface area (Å²) in [6.07, 6.45) is 4.02. The lowest BCUT2D eigenvalue weighted by Crippen LogP contribution is -2.41. The van der Waals surface area contributed by atoms with Crippen molar-refractivity contribution in [1.82, 2.24) is 10.6 Å². The van der Waals surface area contributed by atoms with Gasteiger partial charge in [0.25, 0.3) is 0 Å². The zero-order chi connectivity index (χ0) is 20.0. The topological polar surface area (TPSA) is 84.0 Å². The van der Waals surface area contributed by atoms with Crippen LogP contribution in [0.15, 0.2) is 29.3 Å². The van der Waals surface area contributed by atoms with Crippen molar-refractivity contribution >= 4 is 41.5 Å². The van der Waals surface area contributed by atoms with Crippen LogP contribution in [0.2, 0.25) is 0 Å². The fraction of sp³-hybridized carbons (Fsp3) is 0.619. The van der Waals surface area contributed by atoms with E-state index in [-0.39, 0.29) is 36.4 Å². The largest absolute Gasteiger partial charge is 0.381 e. The summed E-state index contributed by atoms with van der Waals surface area (Å²) in [6.45, 7) is 6.24. The molecule has 29 heavy (non-hydrogen) atoms. The number of anilines is 1. The van der Waals surface area contributed by atoms with Crippen LogP contribution in [0.4, 0.5) is 5.69 Å². The van der Waals surface area contributed by atoms with E-state index < -0.39 is 0 Å². The molecule has 8 heteroatoms. The van der Waals surface area contributed by atoms with Crippen molar-refractivity contribution in [1.29, 1.82) is 0 Å². The second kappa shape index (κ2) is 15.4. The van der Waals surface area contributed by atoms with Gasteiger partial charge in [-0.2, -0.15) is 0 Å². The number of ether oxygens (including phenoxy) is 2. The predicted molar refractivity (Wildman–Crippen MR) is 128 cm³/mol. The Balaban J connectivity index is 0.00000420. The molecule has 0 spiro atoms. The van der Waals surface area contributed by atoms with Crippen LogP contribution in [-0.2, 0) is 20.7 Å². The van der Waals surface area contributed by atoms with Gasteiger partial charge in [-0.25, -0.2) is 0 Å². The molecule has 3 N–H and O–H groups in total. The molecule has 1 heterocycles. The maximum atomic E-state index is 12.1. The maximum Gasteiger partial charge on any atom is 0.243 e. The van der Waals surface area contributed by atoms with E-state index in [1.165, 1.54) is 5.56 Å². The Bertz CT molecular complexity index is 622. The summed E-state index contributed by atoms with van der Waals surface area (Å²) >= 11 is 0. The lowest BCUT2D eigenvalue weighted by atomic mass is 10.0. The van der Waals surface area contributed by atoms with Gasteiger partial charge < -0.3 is 25.4 Å². The number of guanidine groups is 1.